The summed E-state index contributed by atoms with van der Waals surface area (Å²) >= 11 is 1.56. The van der Waals surface area contributed by atoms with Crippen molar-refractivity contribution >= 4 is 16.3 Å². The van der Waals surface area contributed by atoms with Crippen molar-refractivity contribution in [2.24, 2.45) is 11.7 Å². The fraction of sp³-hybridized carbons (Fsp3) is 0.385. The van der Waals surface area contributed by atoms with Gasteiger partial charge in [-0.3, -0.25) is 4.98 Å². The maximum Gasteiger partial charge on any atom is 0.234 e. The number of hydrogen-bond acceptors (Lipinski definition) is 6. The van der Waals surface area contributed by atoms with E-state index in [1.54, 1.807) is 28.2 Å². The van der Waals surface area contributed by atoms with Gasteiger partial charge in [-0.15, -0.1) is 10.2 Å². The molecule has 1 unspecified atom stereocenters. The number of nitrogens with two attached hydrogens (primary N) is 1. The van der Waals surface area contributed by atoms with Crippen molar-refractivity contribution in [3.8, 4) is 11.4 Å². The molecule has 6 nitrogen and oxygen atoms in total. The van der Waals surface area contributed by atoms with Gasteiger partial charge in [-0.1, -0.05) is 11.3 Å². The average Bonchev–Trinajstić information content (AvgIpc) is 3.14. The van der Waals surface area contributed by atoms with Gasteiger partial charge in [-0.25, -0.2) is 0 Å². The first kappa shape index (κ1) is 11.9. The van der Waals surface area contributed by atoms with E-state index in [-0.39, 0.29) is 6.04 Å². The van der Waals surface area contributed by atoms with Gasteiger partial charge in [0.2, 0.25) is 4.96 Å². The van der Waals surface area contributed by atoms with Gasteiger partial charge in [0.05, 0.1) is 0 Å². The molecule has 2 N–H and O–H groups in total. The smallest absolute Gasteiger partial charge is 0.234 e. The van der Waals surface area contributed by atoms with Gasteiger partial charge < -0.3 is 5.73 Å². The van der Waals surface area contributed by atoms with Crippen molar-refractivity contribution in [1.29, 1.82) is 0 Å². The Morgan fingerprint density at radius 1 is 1.40 bits per heavy atom. The minimum atomic E-state index is 0.223. The van der Waals surface area contributed by atoms with Crippen LogP contribution in [0, 0.1) is 5.92 Å². The first-order valence-electron chi connectivity index (χ1n) is 6.68. The van der Waals surface area contributed by atoms with Crippen LogP contribution in [0.2, 0.25) is 0 Å². The molecule has 4 rings (SSSR count). The molecule has 0 aliphatic heterocycles. The molecule has 0 aromatic carbocycles. The summed E-state index contributed by atoms with van der Waals surface area (Å²) in [4.78, 5) is 4.92. The normalized spacial score (nSPS) is 16.6. The first-order chi connectivity index (χ1) is 9.81. The lowest BCUT2D eigenvalue weighted by Crippen LogP contribution is -2.25. The number of aromatic nitrogens is 5. The van der Waals surface area contributed by atoms with Gasteiger partial charge in [-0.2, -0.15) is 9.61 Å². The van der Waals surface area contributed by atoms with Crippen LogP contribution in [-0.2, 0) is 6.42 Å². The number of rotatable bonds is 4. The monoisotopic (exact) mass is 286 g/mol. The van der Waals surface area contributed by atoms with E-state index >= 15 is 0 Å². The summed E-state index contributed by atoms with van der Waals surface area (Å²) in [6.07, 6.45) is 6.85. The van der Waals surface area contributed by atoms with Crippen LogP contribution in [0.15, 0.2) is 24.5 Å². The zero-order valence-corrected chi connectivity index (χ0v) is 11.6. The zero-order chi connectivity index (χ0) is 13.5. The van der Waals surface area contributed by atoms with Gasteiger partial charge in [0.15, 0.2) is 5.82 Å². The molecule has 20 heavy (non-hydrogen) atoms. The van der Waals surface area contributed by atoms with E-state index in [1.807, 2.05) is 12.1 Å². The molecule has 3 heterocycles. The molecule has 1 saturated carbocycles. The lowest BCUT2D eigenvalue weighted by molar-refractivity contribution is 0.586. The van der Waals surface area contributed by atoms with Crippen LogP contribution in [0.4, 0.5) is 0 Å². The van der Waals surface area contributed by atoms with E-state index in [9.17, 15) is 0 Å². The molecule has 1 aliphatic rings. The average molecular weight is 286 g/mol. The maximum atomic E-state index is 6.16. The van der Waals surface area contributed by atoms with E-state index in [4.69, 9.17) is 5.73 Å². The highest BCUT2D eigenvalue weighted by molar-refractivity contribution is 7.16. The summed E-state index contributed by atoms with van der Waals surface area (Å²) < 4.78 is 1.79. The van der Waals surface area contributed by atoms with Crippen LogP contribution >= 0.6 is 11.3 Å². The number of pyridine rings is 1. The molecule has 0 radical (unpaired) electrons. The van der Waals surface area contributed by atoms with Crippen molar-refractivity contribution in [3.63, 3.8) is 0 Å². The van der Waals surface area contributed by atoms with Crippen LogP contribution in [0.25, 0.3) is 16.3 Å². The Balaban J connectivity index is 1.68. The van der Waals surface area contributed by atoms with Crippen molar-refractivity contribution in [2.45, 2.75) is 25.3 Å². The highest BCUT2D eigenvalue weighted by Crippen LogP contribution is 2.33. The van der Waals surface area contributed by atoms with E-state index < -0.39 is 0 Å². The molecule has 0 spiro atoms. The maximum absolute atomic E-state index is 6.16. The molecule has 3 aromatic heterocycles. The van der Waals surface area contributed by atoms with Crippen molar-refractivity contribution in [1.82, 2.24) is 24.8 Å². The third-order valence-electron chi connectivity index (χ3n) is 3.59. The fourth-order valence-corrected chi connectivity index (χ4v) is 3.21. The summed E-state index contributed by atoms with van der Waals surface area (Å²) in [6.45, 7) is 0. The lowest BCUT2D eigenvalue weighted by Gasteiger charge is -2.05. The third-order valence-corrected chi connectivity index (χ3v) is 4.51. The standard InChI is InChI=1S/C13H14N6S/c14-10(8-3-4-8)6-11-18-19-12(16-17-13(19)20-11)9-2-1-5-15-7-9/h1-2,5,7-8,10H,3-4,6,14H2. The van der Waals surface area contributed by atoms with Gasteiger partial charge in [0.25, 0.3) is 0 Å². The number of hydrogen-bond donors (Lipinski definition) is 1. The zero-order valence-electron chi connectivity index (χ0n) is 10.8. The Hall–Kier alpha value is -1.86. The van der Waals surface area contributed by atoms with Gasteiger partial charge in [0.1, 0.15) is 5.01 Å². The molecule has 102 valence electrons. The molecular weight excluding hydrogens is 272 g/mol. The van der Waals surface area contributed by atoms with Crippen LogP contribution < -0.4 is 5.73 Å². The summed E-state index contributed by atoms with van der Waals surface area (Å²) in [5, 5.41) is 14.0. The highest BCUT2D eigenvalue weighted by Gasteiger charge is 2.29. The second-order valence-electron chi connectivity index (χ2n) is 5.16. The van der Waals surface area contributed by atoms with Gasteiger partial charge in [0, 0.05) is 30.4 Å². The Kier molecular flexibility index (Phi) is 2.75. The fourth-order valence-electron chi connectivity index (χ4n) is 2.31. The molecule has 0 saturated heterocycles. The Bertz CT molecular complexity index is 730. The SMILES string of the molecule is NC(Cc1nn2c(-c3cccnc3)nnc2s1)C1CC1. The molecule has 0 bridgehead atoms. The second-order valence-corrected chi connectivity index (χ2v) is 6.20. The summed E-state index contributed by atoms with van der Waals surface area (Å²) in [5.41, 5.74) is 7.08. The minimum absolute atomic E-state index is 0.223. The summed E-state index contributed by atoms with van der Waals surface area (Å²) in [7, 11) is 0. The molecule has 1 atom stereocenters. The first-order valence-corrected chi connectivity index (χ1v) is 7.50. The predicted molar refractivity (Wildman–Crippen MR) is 76.3 cm³/mol. The Morgan fingerprint density at radius 3 is 3.05 bits per heavy atom. The molecular formula is C13H14N6S. The largest absolute Gasteiger partial charge is 0.327 e. The molecule has 3 aromatic rings. The van der Waals surface area contributed by atoms with E-state index in [0.717, 1.165) is 27.8 Å². The van der Waals surface area contributed by atoms with Gasteiger partial charge >= 0.3 is 0 Å². The highest BCUT2D eigenvalue weighted by atomic mass is 32.1. The van der Waals surface area contributed by atoms with Crippen LogP contribution in [-0.4, -0.2) is 30.8 Å². The Morgan fingerprint density at radius 2 is 2.30 bits per heavy atom. The molecule has 0 amide bonds. The van der Waals surface area contributed by atoms with E-state index in [2.05, 4.69) is 20.3 Å². The van der Waals surface area contributed by atoms with Crippen LogP contribution in [0.3, 0.4) is 0 Å². The molecule has 1 aliphatic carbocycles. The number of fused-ring (bicyclic) bond motifs is 1. The van der Waals surface area contributed by atoms with E-state index in [1.165, 1.54) is 12.8 Å². The lowest BCUT2D eigenvalue weighted by atomic mass is 10.1. The second kappa shape index (κ2) is 4.60. The van der Waals surface area contributed by atoms with Crippen molar-refractivity contribution < 1.29 is 0 Å². The van der Waals surface area contributed by atoms with Gasteiger partial charge in [-0.05, 0) is 30.9 Å². The van der Waals surface area contributed by atoms with Crippen molar-refractivity contribution in [3.05, 3.63) is 29.5 Å². The van der Waals surface area contributed by atoms with Crippen LogP contribution in [0.1, 0.15) is 17.8 Å². The minimum Gasteiger partial charge on any atom is -0.327 e. The van der Waals surface area contributed by atoms with Crippen molar-refractivity contribution in [2.75, 3.05) is 0 Å². The number of nitrogens with zero attached hydrogens (tertiary/aromatic N) is 5. The summed E-state index contributed by atoms with van der Waals surface area (Å²) in [5.74, 6) is 1.41. The summed E-state index contributed by atoms with van der Waals surface area (Å²) in [6, 6.07) is 4.06. The molecule has 1 fully saturated rings. The topological polar surface area (TPSA) is 82.0 Å². The quantitative estimate of drug-likeness (QED) is 0.786. The predicted octanol–water partition coefficient (Wildman–Crippen LogP) is 1.53. The van der Waals surface area contributed by atoms with E-state index in [0.29, 0.717) is 5.92 Å². The third kappa shape index (κ3) is 2.08. The molecule has 7 heteroatoms. The Labute approximate surface area is 119 Å². The van der Waals surface area contributed by atoms with Crippen LogP contribution in [0.5, 0.6) is 0 Å².